The minimum atomic E-state index is -0.556. The van der Waals surface area contributed by atoms with Gasteiger partial charge in [-0.15, -0.1) is 0 Å². The van der Waals surface area contributed by atoms with E-state index < -0.39 is 5.91 Å². The van der Waals surface area contributed by atoms with Crippen LogP contribution in [0.3, 0.4) is 0 Å². The second-order valence-electron chi connectivity index (χ2n) is 7.71. The standard InChI is InChI=1S/C27H24ClN3O3/c1-17-8-6-10-24(19(17)3)31-27(33)21(15-29)13-20-14-22(28)11-12-25(20)34-16-26(32)30-23-9-5-4-7-18(23)2/h4-14H,16H2,1-3H3,(H,30,32)(H,31,33)/b21-13-. The van der Waals surface area contributed by atoms with Crippen molar-refractivity contribution in [2.45, 2.75) is 20.8 Å². The van der Waals surface area contributed by atoms with E-state index in [2.05, 4.69) is 10.6 Å². The van der Waals surface area contributed by atoms with Crippen LogP contribution < -0.4 is 15.4 Å². The number of halogens is 1. The molecule has 7 heteroatoms. The van der Waals surface area contributed by atoms with E-state index in [4.69, 9.17) is 16.3 Å². The third kappa shape index (κ3) is 6.25. The van der Waals surface area contributed by atoms with Crippen molar-refractivity contribution in [3.63, 3.8) is 0 Å². The lowest BCUT2D eigenvalue weighted by Gasteiger charge is -2.12. The molecule has 0 aliphatic rings. The predicted octanol–water partition coefficient (Wildman–Crippen LogP) is 5.83. The molecule has 0 aliphatic heterocycles. The van der Waals surface area contributed by atoms with Crippen LogP contribution in [0.5, 0.6) is 5.75 Å². The molecular weight excluding hydrogens is 450 g/mol. The van der Waals surface area contributed by atoms with Gasteiger partial charge in [-0.2, -0.15) is 5.26 Å². The van der Waals surface area contributed by atoms with Crippen LogP contribution in [0.25, 0.3) is 6.08 Å². The molecule has 0 saturated heterocycles. The maximum atomic E-state index is 12.8. The van der Waals surface area contributed by atoms with Crippen molar-refractivity contribution in [2.75, 3.05) is 17.2 Å². The van der Waals surface area contributed by atoms with E-state index in [1.165, 1.54) is 6.08 Å². The van der Waals surface area contributed by atoms with E-state index in [-0.39, 0.29) is 18.1 Å². The molecule has 0 bridgehead atoms. The first-order valence-corrected chi connectivity index (χ1v) is 10.9. The highest BCUT2D eigenvalue weighted by Gasteiger charge is 2.14. The van der Waals surface area contributed by atoms with Gasteiger partial charge < -0.3 is 15.4 Å². The molecule has 0 unspecified atom stereocenters. The van der Waals surface area contributed by atoms with Crippen LogP contribution >= 0.6 is 11.6 Å². The molecule has 3 aromatic carbocycles. The highest BCUT2D eigenvalue weighted by Crippen LogP contribution is 2.26. The number of rotatable bonds is 7. The Labute approximate surface area is 203 Å². The highest BCUT2D eigenvalue weighted by molar-refractivity contribution is 6.30. The topological polar surface area (TPSA) is 91.2 Å². The van der Waals surface area contributed by atoms with Gasteiger partial charge in [-0.1, -0.05) is 41.9 Å². The number of aryl methyl sites for hydroxylation is 2. The van der Waals surface area contributed by atoms with Gasteiger partial charge in [0.2, 0.25) is 0 Å². The normalized spacial score (nSPS) is 10.9. The van der Waals surface area contributed by atoms with E-state index in [1.807, 2.05) is 57.2 Å². The molecule has 172 valence electrons. The number of nitrogens with one attached hydrogen (secondary N) is 2. The van der Waals surface area contributed by atoms with E-state index in [1.54, 1.807) is 30.3 Å². The molecule has 3 aromatic rings. The number of carbonyl (C=O) groups excluding carboxylic acids is 2. The van der Waals surface area contributed by atoms with Crippen LogP contribution in [0.2, 0.25) is 5.02 Å². The van der Waals surface area contributed by atoms with Gasteiger partial charge >= 0.3 is 0 Å². The molecule has 0 atom stereocenters. The van der Waals surface area contributed by atoms with Crippen LogP contribution in [0, 0.1) is 32.1 Å². The SMILES string of the molecule is Cc1ccccc1NC(=O)COc1ccc(Cl)cc1/C=C(/C#N)C(=O)Nc1cccc(C)c1C. The van der Waals surface area contributed by atoms with Gasteiger partial charge in [-0.25, -0.2) is 0 Å². The van der Waals surface area contributed by atoms with Crippen LogP contribution in [0.4, 0.5) is 11.4 Å². The number of ether oxygens (including phenoxy) is 1. The summed E-state index contributed by atoms with van der Waals surface area (Å²) in [6.45, 7) is 5.47. The molecule has 0 radical (unpaired) electrons. The molecule has 0 saturated carbocycles. The van der Waals surface area contributed by atoms with E-state index in [0.29, 0.717) is 27.7 Å². The zero-order valence-electron chi connectivity index (χ0n) is 19.1. The number of nitrogens with zero attached hydrogens (tertiary/aromatic N) is 1. The Bertz CT molecular complexity index is 1310. The van der Waals surface area contributed by atoms with Crippen LogP contribution in [0.1, 0.15) is 22.3 Å². The number of anilines is 2. The summed E-state index contributed by atoms with van der Waals surface area (Å²) in [5.74, 6) is -0.580. The van der Waals surface area contributed by atoms with Crippen molar-refractivity contribution in [2.24, 2.45) is 0 Å². The molecule has 0 aromatic heterocycles. The minimum absolute atomic E-state index is 0.127. The first-order valence-electron chi connectivity index (χ1n) is 10.6. The molecule has 2 N–H and O–H groups in total. The molecule has 3 rings (SSSR count). The Morgan fingerprint density at radius 1 is 0.971 bits per heavy atom. The average molecular weight is 474 g/mol. The Morgan fingerprint density at radius 3 is 2.41 bits per heavy atom. The van der Waals surface area contributed by atoms with Gasteiger partial charge in [-0.3, -0.25) is 9.59 Å². The van der Waals surface area contributed by atoms with Gasteiger partial charge in [0.1, 0.15) is 17.4 Å². The van der Waals surface area contributed by atoms with Gasteiger partial charge in [0.15, 0.2) is 6.61 Å². The number of benzene rings is 3. The predicted molar refractivity (Wildman–Crippen MR) is 135 cm³/mol. The first-order chi connectivity index (χ1) is 16.3. The molecule has 0 heterocycles. The lowest BCUT2D eigenvalue weighted by molar-refractivity contribution is -0.118. The molecule has 34 heavy (non-hydrogen) atoms. The third-order valence-electron chi connectivity index (χ3n) is 5.27. The molecule has 0 spiro atoms. The summed E-state index contributed by atoms with van der Waals surface area (Å²) in [5.41, 5.74) is 4.47. The second-order valence-corrected chi connectivity index (χ2v) is 8.14. The number of nitriles is 1. The van der Waals surface area contributed by atoms with Gasteiger partial charge in [-0.05, 0) is 73.9 Å². The Hall–Kier alpha value is -4.08. The monoisotopic (exact) mass is 473 g/mol. The summed E-state index contributed by atoms with van der Waals surface area (Å²) in [6.07, 6.45) is 1.39. The fourth-order valence-electron chi connectivity index (χ4n) is 3.19. The van der Waals surface area contributed by atoms with Crippen molar-refractivity contribution in [3.8, 4) is 11.8 Å². The number of carbonyl (C=O) groups is 2. The first kappa shape index (κ1) is 24.6. The minimum Gasteiger partial charge on any atom is -0.483 e. The zero-order valence-corrected chi connectivity index (χ0v) is 19.9. The summed E-state index contributed by atoms with van der Waals surface area (Å²) in [7, 11) is 0. The second kappa shape index (κ2) is 11.2. The lowest BCUT2D eigenvalue weighted by atomic mass is 10.1. The molecule has 0 fully saturated rings. The maximum Gasteiger partial charge on any atom is 0.266 e. The zero-order chi connectivity index (χ0) is 24.7. The van der Waals surface area contributed by atoms with Crippen molar-refractivity contribution in [1.29, 1.82) is 5.26 Å². The van der Waals surface area contributed by atoms with Crippen molar-refractivity contribution >= 4 is 40.9 Å². The van der Waals surface area contributed by atoms with Gasteiger partial charge in [0.25, 0.3) is 11.8 Å². The molecular formula is C27H24ClN3O3. The molecule has 2 amide bonds. The van der Waals surface area contributed by atoms with E-state index in [9.17, 15) is 14.9 Å². The molecule has 6 nitrogen and oxygen atoms in total. The largest absolute Gasteiger partial charge is 0.483 e. The number of hydrogen-bond donors (Lipinski definition) is 2. The Balaban J connectivity index is 1.78. The van der Waals surface area contributed by atoms with E-state index >= 15 is 0 Å². The van der Waals surface area contributed by atoms with Crippen molar-refractivity contribution < 1.29 is 14.3 Å². The number of hydrogen-bond acceptors (Lipinski definition) is 4. The fraction of sp³-hybridized carbons (Fsp3) is 0.148. The Kier molecular flexibility index (Phi) is 8.07. The lowest BCUT2D eigenvalue weighted by Crippen LogP contribution is -2.21. The summed E-state index contributed by atoms with van der Waals surface area (Å²) in [6, 6.07) is 19.7. The molecule has 0 aliphatic carbocycles. The fourth-order valence-corrected chi connectivity index (χ4v) is 3.37. The third-order valence-corrected chi connectivity index (χ3v) is 5.50. The Morgan fingerprint density at radius 2 is 1.68 bits per heavy atom. The van der Waals surface area contributed by atoms with Gasteiger partial charge in [0.05, 0.1) is 0 Å². The van der Waals surface area contributed by atoms with Crippen molar-refractivity contribution in [1.82, 2.24) is 0 Å². The van der Waals surface area contributed by atoms with Crippen molar-refractivity contribution in [3.05, 3.63) is 93.5 Å². The van der Waals surface area contributed by atoms with Crippen LogP contribution in [-0.4, -0.2) is 18.4 Å². The number of amides is 2. The highest BCUT2D eigenvalue weighted by atomic mass is 35.5. The van der Waals surface area contributed by atoms with Crippen LogP contribution in [0.15, 0.2) is 66.2 Å². The summed E-state index contributed by atoms with van der Waals surface area (Å²) >= 11 is 6.13. The van der Waals surface area contributed by atoms with Gasteiger partial charge in [0, 0.05) is 22.0 Å². The number of para-hydroxylation sites is 1. The summed E-state index contributed by atoms with van der Waals surface area (Å²) in [4.78, 5) is 25.1. The van der Waals surface area contributed by atoms with E-state index in [0.717, 1.165) is 16.7 Å². The van der Waals surface area contributed by atoms with Crippen LogP contribution in [-0.2, 0) is 9.59 Å². The maximum absolute atomic E-state index is 12.8. The average Bonchev–Trinajstić information content (AvgIpc) is 2.81. The quantitative estimate of drug-likeness (QED) is 0.333. The summed E-state index contributed by atoms with van der Waals surface area (Å²) in [5, 5.41) is 15.6. The smallest absolute Gasteiger partial charge is 0.266 e. The summed E-state index contributed by atoms with van der Waals surface area (Å²) < 4.78 is 5.69.